The molecule has 1 aromatic carbocycles. The summed E-state index contributed by atoms with van der Waals surface area (Å²) < 4.78 is 5.49. The zero-order valence-corrected chi connectivity index (χ0v) is 8.21. The van der Waals surface area contributed by atoms with Crippen molar-refractivity contribution >= 4 is 28.7 Å². The van der Waals surface area contributed by atoms with Crippen molar-refractivity contribution in [3.63, 3.8) is 0 Å². The Kier molecular flexibility index (Phi) is 1.67. The zero-order chi connectivity index (χ0) is 9.54. The first-order valence-corrected chi connectivity index (χ1v) is 5.02. The minimum Gasteiger partial charge on any atom is -0.423 e. The summed E-state index contributed by atoms with van der Waals surface area (Å²) >= 11 is 5.84. The summed E-state index contributed by atoms with van der Waals surface area (Å²) in [6, 6.07) is 6.61. The van der Waals surface area contributed by atoms with Crippen LogP contribution in [0, 0.1) is 0 Å². The van der Waals surface area contributed by atoms with Gasteiger partial charge in [-0.15, -0.1) is 0 Å². The van der Waals surface area contributed by atoms with Gasteiger partial charge in [0.05, 0.1) is 0 Å². The molecule has 0 amide bonds. The first-order valence-electron chi connectivity index (χ1n) is 4.64. The summed E-state index contributed by atoms with van der Waals surface area (Å²) in [5, 5.41) is 3.88. The number of anilines is 1. The molecule has 72 valence electrons. The monoisotopic (exact) mass is 208 g/mol. The fraction of sp³-hybridized carbons (Fsp3) is 0.300. The van der Waals surface area contributed by atoms with Gasteiger partial charge in [0.25, 0.3) is 6.01 Å². The number of oxazole rings is 1. The van der Waals surface area contributed by atoms with Crippen LogP contribution in [0.2, 0.25) is 5.02 Å². The third-order valence-corrected chi connectivity index (χ3v) is 2.49. The van der Waals surface area contributed by atoms with Gasteiger partial charge in [0.15, 0.2) is 5.58 Å². The quantitative estimate of drug-likeness (QED) is 0.825. The van der Waals surface area contributed by atoms with Gasteiger partial charge in [0.2, 0.25) is 0 Å². The van der Waals surface area contributed by atoms with Crippen LogP contribution in [0.25, 0.3) is 11.1 Å². The Balaban J connectivity index is 2.01. The molecule has 0 atom stereocenters. The van der Waals surface area contributed by atoms with E-state index in [0.29, 0.717) is 17.1 Å². The van der Waals surface area contributed by atoms with Gasteiger partial charge in [0.1, 0.15) is 5.52 Å². The van der Waals surface area contributed by atoms with E-state index in [0.717, 1.165) is 11.1 Å². The Morgan fingerprint density at radius 3 is 3.07 bits per heavy atom. The fourth-order valence-corrected chi connectivity index (χ4v) is 1.52. The van der Waals surface area contributed by atoms with Gasteiger partial charge in [-0.25, -0.2) is 0 Å². The normalized spacial score (nSPS) is 16.1. The van der Waals surface area contributed by atoms with Gasteiger partial charge in [-0.2, -0.15) is 4.98 Å². The van der Waals surface area contributed by atoms with Crippen LogP contribution in [-0.4, -0.2) is 11.0 Å². The number of hydrogen-bond acceptors (Lipinski definition) is 3. The summed E-state index contributed by atoms with van der Waals surface area (Å²) in [6.45, 7) is 0. The van der Waals surface area contributed by atoms with Crippen molar-refractivity contribution < 1.29 is 4.42 Å². The van der Waals surface area contributed by atoms with Crippen molar-refractivity contribution in [2.45, 2.75) is 18.9 Å². The van der Waals surface area contributed by atoms with E-state index in [1.807, 2.05) is 12.1 Å². The molecule has 4 heteroatoms. The number of benzene rings is 1. The number of halogens is 1. The van der Waals surface area contributed by atoms with Gasteiger partial charge in [-0.05, 0) is 25.0 Å². The number of aromatic nitrogens is 1. The second-order valence-electron chi connectivity index (χ2n) is 3.55. The highest BCUT2D eigenvalue weighted by atomic mass is 35.5. The molecule has 0 bridgehead atoms. The van der Waals surface area contributed by atoms with Crippen LogP contribution in [0.1, 0.15) is 12.8 Å². The number of fused-ring (bicyclic) bond motifs is 1. The number of hydrogen-bond donors (Lipinski definition) is 1. The molecule has 0 spiro atoms. The fourth-order valence-electron chi connectivity index (χ4n) is 1.36. The molecule has 1 saturated carbocycles. The third kappa shape index (κ3) is 1.44. The van der Waals surface area contributed by atoms with Crippen LogP contribution in [0.3, 0.4) is 0 Å². The molecule has 1 aliphatic rings. The van der Waals surface area contributed by atoms with E-state index in [4.69, 9.17) is 16.0 Å². The highest BCUT2D eigenvalue weighted by Gasteiger charge is 2.22. The van der Waals surface area contributed by atoms with Gasteiger partial charge >= 0.3 is 0 Å². The van der Waals surface area contributed by atoms with Crippen molar-refractivity contribution in [2.75, 3.05) is 5.32 Å². The maximum Gasteiger partial charge on any atom is 0.295 e. The minimum absolute atomic E-state index is 0.554. The third-order valence-electron chi connectivity index (χ3n) is 2.26. The predicted molar refractivity (Wildman–Crippen MR) is 55.7 cm³/mol. The molecule has 1 aliphatic carbocycles. The SMILES string of the molecule is Clc1ccc2nc(NC3CC3)oc2c1. The summed E-state index contributed by atoms with van der Waals surface area (Å²) in [5.74, 6) is 0. The van der Waals surface area contributed by atoms with Gasteiger partial charge < -0.3 is 9.73 Å². The van der Waals surface area contributed by atoms with E-state index in [-0.39, 0.29) is 0 Å². The topological polar surface area (TPSA) is 38.1 Å². The predicted octanol–water partition coefficient (Wildman–Crippen LogP) is 3.06. The Morgan fingerprint density at radius 1 is 1.43 bits per heavy atom. The Hall–Kier alpha value is -1.22. The maximum atomic E-state index is 5.84. The van der Waals surface area contributed by atoms with E-state index in [2.05, 4.69) is 10.3 Å². The second-order valence-corrected chi connectivity index (χ2v) is 3.99. The van der Waals surface area contributed by atoms with Crippen LogP contribution in [0.4, 0.5) is 6.01 Å². The molecule has 3 nitrogen and oxygen atoms in total. The number of nitrogens with zero attached hydrogens (tertiary/aromatic N) is 1. The Morgan fingerprint density at radius 2 is 2.29 bits per heavy atom. The highest BCUT2D eigenvalue weighted by molar-refractivity contribution is 6.31. The highest BCUT2D eigenvalue weighted by Crippen LogP contribution is 2.27. The van der Waals surface area contributed by atoms with Crippen LogP contribution < -0.4 is 5.32 Å². The summed E-state index contributed by atoms with van der Waals surface area (Å²) in [4.78, 5) is 4.30. The standard InChI is InChI=1S/C10H9ClN2O/c11-6-1-4-8-9(5-6)14-10(13-8)12-7-2-3-7/h1,4-5,7H,2-3H2,(H,12,13). The van der Waals surface area contributed by atoms with Crippen molar-refractivity contribution in [1.29, 1.82) is 0 Å². The molecular formula is C10H9ClN2O. The molecule has 1 heterocycles. The molecule has 0 saturated heterocycles. The van der Waals surface area contributed by atoms with Crippen LogP contribution >= 0.6 is 11.6 Å². The molecule has 1 aromatic heterocycles. The summed E-state index contributed by atoms with van der Waals surface area (Å²) in [7, 11) is 0. The Bertz CT molecular complexity index is 476. The van der Waals surface area contributed by atoms with E-state index in [9.17, 15) is 0 Å². The van der Waals surface area contributed by atoms with Crippen molar-refractivity contribution in [2.24, 2.45) is 0 Å². The van der Waals surface area contributed by atoms with Crippen LogP contribution in [-0.2, 0) is 0 Å². The molecule has 1 fully saturated rings. The zero-order valence-electron chi connectivity index (χ0n) is 7.46. The molecule has 2 aromatic rings. The number of nitrogens with one attached hydrogen (secondary N) is 1. The van der Waals surface area contributed by atoms with Gasteiger partial charge in [-0.3, -0.25) is 0 Å². The average molecular weight is 209 g/mol. The lowest BCUT2D eigenvalue weighted by atomic mass is 10.3. The lowest BCUT2D eigenvalue weighted by Gasteiger charge is -1.93. The molecule has 0 radical (unpaired) electrons. The first kappa shape index (κ1) is 8.12. The molecule has 0 aliphatic heterocycles. The molecular weight excluding hydrogens is 200 g/mol. The van der Waals surface area contributed by atoms with Crippen molar-refractivity contribution in [3.05, 3.63) is 23.2 Å². The van der Waals surface area contributed by atoms with Crippen LogP contribution in [0.15, 0.2) is 22.6 Å². The molecule has 14 heavy (non-hydrogen) atoms. The summed E-state index contributed by atoms with van der Waals surface area (Å²) in [6.07, 6.45) is 2.42. The molecule has 1 N–H and O–H groups in total. The minimum atomic E-state index is 0.554. The second kappa shape index (κ2) is 2.89. The van der Waals surface area contributed by atoms with Gasteiger partial charge in [-0.1, -0.05) is 11.6 Å². The number of rotatable bonds is 2. The smallest absolute Gasteiger partial charge is 0.295 e. The largest absolute Gasteiger partial charge is 0.423 e. The molecule has 3 rings (SSSR count). The van der Waals surface area contributed by atoms with E-state index >= 15 is 0 Å². The van der Waals surface area contributed by atoms with Crippen molar-refractivity contribution in [3.8, 4) is 0 Å². The molecule has 0 unspecified atom stereocenters. The maximum absolute atomic E-state index is 5.84. The Labute approximate surface area is 86.1 Å². The summed E-state index contributed by atoms with van der Waals surface area (Å²) in [5.41, 5.74) is 1.58. The van der Waals surface area contributed by atoms with Crippen molar-refractivity contribution in [1.82, 2.24) is 4.98 Å². The van der Waals surface area contributed by atoms with E-state index in [1.165, 1.54) is 12.8 Å². The van der Waals surface area contributed by atoms with Gasteiger partial charge in [0, 0.05) is 17.1 Å². The van der Waals surface area contributed by atoms with E-state index < -0.39 is 0 Å². The average Bonchev–Trinajstić information content (AvgIpc) is 2.84. The lowest BCUT2D eigenvalue weighted by Crippen LogP contribution is -1.99. The van der Waals surface area contributed by atoms with Crippen LogP contribution in [0.5, 0.6) is 0 Å². The lowest BCUT2D eigenvalue weighted by molar-refractivity contribution is 0.614. The van der Waals surface area contributed by atoms with E-state index in [1.54, 1.807) is 6.07 Å². The first-order chi connectivity index (χ1) is 6.81.